The second-order valence-electron chi connectivity index (χ2n) is 4.51. The average Bonchev–Trinajstić information content (AvgIpc) is 2.89. The summed E-state index contributed by atoms with van der Waals surface area (Å²) >= 11 is 6.30. The Morgan fingerprint density at radius 2 is 2.10 bits per heavy atom. The molecule has 0 aliphatic carbocycles. The number of carbonyl (C=O) groups excluding carboxylic acids is 2. The number of hydrogen-bond acceptors (Lipinski definition) is 4. The van der Waals surface area contributed by atoms with E-state index in [0.717, 1.165) is 5.56 Å². The van der Waals surface area contributed by atoms with E-state index in [-0.39, 0.29) is 18.3 Å². The first kappa shape index (κ1) is 14.6. The number of rotatable bonds is 4. The predicted molar refractivity (Wildman–Crippen MR) is 74.9 cm³/mol. The lowest BCUT2D eigenvalue weighted by molar-refractivity contribution is -0.141. The highest BCUT2D eigenvalue weighted by Gasteiger charge is 2.30. The zero-order valence-electron chi connectivity index (χ0n) is 11.1. The summed E-state index contributed by atoms with van der Waals surface area (Å²) in [6, 6.07) is 9.13. The molecule has 1 aliphatic heterocycles. The Morgan fingerprint density at radius 1 is 1.40 bits per heavy atom. The quantitative estimate of drug-likeness (QED) is 0.633. The van der Waals surface area contributed by atoms with Crippen LogP contribution >= 0.6 is 11.6 Å². The van der Waals surface area contributed by atoms with Gasteiger partial charge in [-0.1, -0.05) is 41.9 Å². The molecule has 0 N–H and O–H groups in total. The van der Waals surface area contributed by atoms with Crippen molar-refractivity contribution in [2.24, 2.45) is 5.92 Å². The first-order valence-electron chi connectivity index (χ1n) is 6.32. The summed E-state index contributed by atoms with van der Waals surface area (Å²) in [5.74, 6) is -1.14. The number of halogens is 1. The highest BCUT2D eigenvalue weighted by molar-refractivity contribution is 6.50. The maximum Gasteiger partial charge on any atom is 0.335 e. The summed E-state index contributed by atoms with van der Waals surface area (Å²) < 4.78 is 9.68. The van der Waals surface area contributed by atoms with Gasteiger partial charge in [0.1, 0.15) is 0 Å². The molecule has 20 heavy (non-hydrogen) atoms. The standard InChI is InChI=1S/C15H15ClO4/c1-19-15(18)12(9-11-7-8-20-14(11)17)13(16)10-5-3-2-4-6-10/h2-6,11H,7-9H2,1H3/b13-12+. The lowest BCUT2D eigenvalue weighted by Gasteiger charge is -2.11. The van der Waals surface area contributed by atoms with Gasteiger partial charge in [0.25, 0.3) is 0 Å². The molecule has 0 bridgehead atoms. The zero-order valence-corrected chi connectivity index (χ0v) is 11.9. The second kappa shape index (κ2) is 6.57. The Labute approximate surface area is 122 Å². The molecule has 1 aromatic carbocycles. The summed E-state index contributed by atoms with van der Waals surface area (Å²) in [6.45, 7) is 0.390. The Hall–Kier alpha value is -1.81. The number of esters is 2. The van der Waals surface area contributed by atoms with Crippen molar-refractivity contribution in [1.82, 2.24) is 0 Å². The molecule has 1 atom stereocenters. The molecule has 106 valence electrons. The topological polar surface area (TPSA) is 52.6 Å². The molecule has 1 fully saturated rings. The summed E-state index contributed by atoms with van der Waals surface area (Å²) in [4.78, 5) is 23.4. The minimum Gasteiger partial charge on any atom is -0.466 e. The minimum absolute atomic E-state index is 0.235. The normalized spacial score (nSPS) is 19.3. The molecule has 1 unspecified atom stereocenters. The first-order chi connectivity index (χ1) is 9.63. The van der Waals surface area contributed by atoms with Crippen molar-refractivity contribution < 1.29 is 19.1 Å². The van der Waals surface area contributed by atoms with E-state index in [2.05, 4.69) is 0 Å². The molecule has 0 amide bonds. The van der Waals surface area contributed by atoms with Crippen molar-refractivity contribution in [2.45, 2.75) is 12.8 Å². The number of ether oxygens (including phenoxy) is 2. The van der Waals surface area contributed by atoms with Crippen LogP contribution in [0.5, 0.6) is 0 Å². The molecule has 0 saturated carbocycles. The monoisotopic (exact) mass is 294 g/mol. The third kappa shape index (κ3) is 3.20. The third-order valence-corrected chi connectivity index (χ3v) is 3.66. The lowest BCUT2D eigenvalue weighted by Crippen LogP contribution is -2.14. The van der Waals surface area contributed by atoms with Gasteiger partial charge in [-0.05, 0) is 18.4 Å². The van der Waals surface area contributed by atoms with Crippen molar-refractivity contribution in [2.75, 3.05) is 13.7 Å². The third-order valence-electron chi connectivity index (χ3n) is 3.22. The number of benzene rings is 1. The van der Waals surface area contributed by atoms with Crippen LogP contribution in [-0.2, 0) is 19.1 Å². The van der Waals surface area contributed by atoms with Crippen LogP contribution in [0.3, 0.4) is 0 Å². The van der Waals surface area contributed by atoms with Crippen LogP contribution in [0.25, 0.3) is 5.03 Å². The van der Waals surface area contributed by atoms with Gasteiger partial charge in [0.05, 0.1) is 30.2 Å². The van der Waals surface area contributed by atoms with E-state index in [1.54, 1.807) is 12.1 Å². The number of hydrogen-bond donors (Lipinski definition) is 0. The molecule has 0 aromatic heterocycles. The fourth-order valence-corrected chi connectivity index (χ4v) is 2.39. The van der Waals surface area contributed by atoms with Crippen molar-refractivity contribution in [3.8, 4) is 0 Å². The van der Waals surface area contributed by atoms with Gasteiger partial charge in [-0.3, -0.25) is 4.79 Å². The van der Waals surface area contributed by atoms with Crippen LogP contribution < -0.4 is 0 Å². The smallest absolute Gasteiger partial charge is 0.335 e. The van der Waals surface area contributed by atoms with Crippen molar-refractivity contribution in [3.05, 3.63) is 41.5 Å². The molecule has 0 radical (unpaired) electrons. The molecule has 2 rings (SSSR count). The number of methoxy groups -OCH3 is 1. The largest absolute Gasteiger partial charge is 0.466 e. The van der Waals surface area contributed by atoms with Gasteiger partial charge in [0.15, 0.2) is 0 Å². The van der Waals surface area contributed by atoms with Crippen LogP contribution in [0.2, 0.25) is 0 Å². The number of cyclic esters (lactones) is 1. The summed E-state index contributed by atoms with van der Waals surface area (Å²) in [5.41, 5.74) is 1.03. The van der Waals surface area contributed by atoms with E-state index in [1.807, 2.05) is 18.2 Å². The Kier molecular flexibility index (Phi) is 4.79. The second-order valence-corrected chi connectivity index (χ2v) is 4.89. The van der Waals surface area contributed by atoms with Gasteiger partial charge in [0.2, 0.25) is 0 Å². The van der Waals surface area contributed by atoms with E-state index < -0.39 is 5.97 Å². The molecular weight excluding hydrogens is 280 g/mol. The minimum atomic E-state index is -0.515. The Balaban J connectivity index is 2.31. The SMILES string of the molecule is COC(=O)/C(CC1CCOC1=O)=C(/Cl)c1ccccc1. The van der Waals surface area contributed by atoms with E-state index in [4.69, 9.17) is 21.1 Å². The Bertz CT molecular complexity index is 536. The molecule has 1 aromatic rings. The molecule has 1 heterocycles. The summed E-state index contributed by atoms with van der Waals surface area (Å²) in [5, 5.41) is 0.317. The van der Waals surface area contributed by atoms with E-state index >= 15 is 0 Å². The first-order valence-corrected chi connectivity index (χ1v) is 6.70. The molecule has 5 heteroatoms. The molecular formula is C15H15ClO4. The number of carbonyl (C=O) groups is 2. The lowest BCUT2D eigenvalue weighted by atomic mass is 9.96. The van der Waals surface area contributed by atoms with Crippen LogP contribution in [0.15, 0.2) is 35.9 Å². The van der Waals surface area contributed by atoms with Crippen LogP contribution in [0, 0.1) is 5.92 Å². The van der Waals surface area contributed by atoms with Gasteiger partial charge in [-0.25, -0.2) is 4.79 Å². The van der Waals surface area contributed by atoms with Crippen molar-refractivity contribution >= 4 is 28.6 Å². The van der Waals surface area contributed by atoms with Gasteiger partial charge < -0.3 is 9.47 Å². The molecule has 0 spiro atoms. The van der Waals surface area contributed by atoms with Gasteiger partial charge >= 0.3 is 11.9 Å². The van der Waals surface area contributed by atoms with Crippen LogP contribution in [-0.4, -0.2) is 25.7 Å². The predicted octanol–water partition coefficient (Wildman–Crippen LogP) is 2.76. The van der Waals surface area contributed by atoms with E-state index in [9.17, 15) is 9.59 Å². The van der Waals surface area contributed by atoms with E-state index in [0.29, 0.717) is 23.6 Å². The van der Waals surface area contributed by atoms with Gasteiger partial charge in [0, 0.05) is 0 Å². The molecule has 4 nitrogen and oxygen atoms in total. The highest BCUT2D eigenvalue weighted by atomic mass is 35.5. The fraction of sp³-hybridized carbons (Fsp3) is 0.333. The zero-order chi connectivity index (χ0) is 14.5. The van der Waals surface area contributed by atoms with E-state index in [1.165, 1.54) is 7.11 Å². The van der Waals surface area contributed by atoms with Crippen molar-refractivity contribution in [1.29, 1.82) is 0 Å². The summed E-state index contributed by atoms with van der Waals surface area (Å²) in [7, 11) is 1.30. The average molecular weight is 295 g/mol. The van der Waals surface area contributed by atoms with Gasteiger partial charge in [-0.2, -0.15) is 0 Å². The van der Waals surface area contributed by atoms with Crippen LogP contribution in [0.4, 0.5) is 0 Å². The fourth-order valence-electron chi connectivity index (χ4n) is 2.11. The molecule has 1 aliphatic rings. The molecule has 1 saturated heterocycles. The Morgan fingerprint density at radius 3 is 2.65 bits per heavy atom. The maximum absolute atomic E-state index is 11.9. The highest BCUT2D eigenvalue weighted by Crippen LogP contribution is 2.31. The summed E-state index contributed by atoms with van der Waals surface area (Å²) in [6.07, 6.45) is 0.831. The van der Waals surface area contributed by atoms with Crippen molar-refractivity contribution in [3.63, 3.8) is 0 Å². The van der Waals surface area contributed by atoms with Crippen LogP contribution in [0.1, 0.15) is 18.4 Å². The van der Waals surface area contributed by atoms with Gasteiger partial charge in [-0.15, -0.1) is 0 Å². The maximum atomic E-state index is 11.9.